The molecule has 1 nitrogen and oxygen atoms in total. The molecule has 0 saturated carbocycles. The van der Waals surface area contributed by atoms with Gasteiger partial charge in [-0.3, -0.25) is 0 Å². The summed E-state index contributed by atoms with van der Waals surface area (Å²) in [6, 6.07) is 13.7. The molecule has 1 N–H and O–H groups in total. The highest BCUT2D eigenvalue weighted by molar-refractivity contribution is 9.11. The summed E-state index contributed by atoms with van der Waals surface area (Å²) in [6.45, 7) is 7.67. The quantitative estimate of drug-likeness (QED) is 0.718. The zero-order valence-electron chi connectivity index (χ0n) is 12.3. The van der Waals surface area contributed by atoms with E-state index in [0.717, 1.165) is 13.0 Å². The molecule has 0 bridgehead atoms. The molecule has 0 aliphatic carbocycles. The molecule has 0 fully saturated rings. The maximum atomic E-state index is 3.58. The molecule has 1 unspecified atom stereocenters. The number of rotatable bonds is 6. The first-order valence-electron chi connectivity index (χ1n) is 7.11. The Morgan fingerprint density at radius 2 is 1.75 bits per heavy atom. The minimum Gasteiger partial charge on any atom is -0.305 e. The van der Waals surface area contributed by atoms with E-state index in [0.29, 0.717) is 12.0 Å². The van der Waals surface area contributed by atoms with E-state index in [2.05, 4.69) is 78.4 Å². The van der Waals surface area contributed by atoms with Gasteiger partial charge in [-0.05, 0) is 58.5 Å². The number of thiophene rings is 1. The van der Waals surface area contributed by atoms with Crippen LogP contribution in [0.4, 0.5) is 0 Å². The van der Waals surface area contributed by atoms with Gasteiger partial charge in [0.05, 0.1) is 3.79 Å². The molecule has 0 saturated heterocycles. The van der Waals surface area contributed by atoms with Crippen LogP contribution in [0.3, 0.4) is 0 Å². The first-order chi connectivity index (χ1) is 9.54. The number of nitrogens with one attached hydrogen (secondary N) is 1. The lowest BCUT2D eigenvalue weighted by molar-refractivity contribution is 0.578. The number of hydrogen-bond acceptors (Lipinski definition) is 2. The standard InChI is InChI=1S/C17H22BrNS/c1-12(2)10-14-4-6-15(7-5-14)13(3)19-11-16-8-9-17(18)20-16/h4-9,12-13,19H,10-11H2,1-3H3. The fourth-order valence-electron chi connectivity index (χ4n) is 2.23. The number of benzene rings is 1. The molecule has 0 spiro atoms. The smallest absolute Gasteiger partial charge is 0.0701 e. The summed E-state index contributed by atoms with van der Waals surface area (Å²) in [4.78, 5) is 1.36. The minimum atomic E-state index is 0.379. The zero-order chi connectivity index (χ0) is 14.5. The fourth-order valence-corrected chi connectivity index (χ4v) is 3.67. The molecular weight excluding hydrogens is 330 g/mol. The Morgan fingerprint density at radius 1 is 1.05 bits per heavy atom. The van der Waals surface area contributed by atoms with Crippen LogP contribution in [0.1, 0.15) is 42.8 Å². The van der Waals surface area contributed by atoms with Crippen molar-refractivity contribution in [2.24, 2.45) is 5.92 Å². The molecule has 0 amide bonds. The Kier molecular flexibility index (Phi) is 5.82. The van der Waals surface area contributed by atoms with Gasteiger partial charge in [-0.2, -0.15) is 0 Å². The molecule has 0 radical (unpaired) electrons. The first-order valence-corrected chi connectivity index (χ1v) is 8.72. The maximum absolute atomic E-state index is 3.58. The summed E-state index contributed by atoms with van der Waals surface area (Å²) in [5.74, 6) is 0.716. The van der Waals surface area contributed by atoms with Crippen molar-refractivity contribution in [3.8, 4) is 0 Å². The third kappa shape index (κ3) is 4.72. The van der Waals surface area contributed by atoms with Gasteiger partial charge in [0.15, 0.2) is 0 Å². The van der Waals surface area contributed by atoms with Crippen molar-refractivity contribution in [2.45, 2.75) is 39.8 Å². The van der Waals surface area contributed by atoms with Gasteiger partial charge in [0.25, 0.3) is 0 Å². The second-order valence-corrected chi connectivity index (χ2v) is 8.20. The first kappa shape index (κ1) is 15.7. The van der Waals surface area contributed by atoms with Crippen LogP contribution in [-0.4, -0.2) is 0 Å². The average Bonchev–Trinajstić information content (AvgIpc) is 2.82. The van der Waals surface area contributed by atoms with Gasteiger partial charge in [0, 0.05) is 17.5 Å². The largest absolute Gasteiger partial charge is 0.305 e. The molecular formula is C17H22BrNS. The summed E-state index contributed by atoms with van der Waals surface area (Å²) < 4.78 is 1.19. The molecule has 2 aromatic rings. The van der Waals surface area contributed by atoms with Crippen LogP contribution >= 0.6 is 27.3 Å². The summed E-state index contributed by atoms with van der Waals surface area (Å²) in [7, 11) is 0. The van der Waals surface area contributed by atoms with Crippen molar-refractivity contribution < 1.29 is 0 Å². The van der Waals surface area contributed by atoms with Gasteiger partial charge in [0.2, 0.25) is 0 Å². The molecule has 1 atom stereocenters. The average molecular weight is 352 g/mol. The van der Waals surface area contributed by atoms with E-state index in [1.54, 1.807) is 11.3 Å². The lowest BCUT2D eigenvalue weighted by Gasteiger charge is -2.14. The molecule has 0 aliphatic rings. The van der Waals surface area contributed by atoms with E-state index < -0.39 is 0 Å². The van der Waals surface area contributed by atoms with Gasteiger partial charge in [-0.1, -0.05) is 38.1 Å². The predicted octanol–water partition coefficient (Wildman–Crippen LogP) is 5.56. The van der Waals surface area contributed by atoms with Crippen molar-refractivity contribution >= 4 is 27.3 Å². The van der Waals surface area contributed by atoms with Crippen LogP contribution in [-0.2, 0) is 13.0 Å². The van der Waals surface area contributed by atoms with Crippen molar-refractivity contribution in [2.75, 3.05) is 0 Å². The van der Waals surface area contributed by atoms with Crippen LogP contribution in [0.15, 0.2) is 40.2 Å². The maximum Gasteiger partial charge on any atom is 0.0701 e. The Bertz CT molecular complexity index is 530. The van der Waals surface area contributed by atoms with E-state index in [1.165, 1.54) is 19.8 Å². The Morgan fingerprint density at radius 3 is 2.30 bits per heavy atom. The van der Waals surface area contributed by atoms with Gasteiger partial charge in [-0.15, -0.1) is 11.3 Å². The van der Waals surface area contributed by atoms with E-state index in [1.807, 2.05) is 0 Å². The van der Waals surface area contributed by atoms with Crippen LogP contribution < -0.4 is 5.32 Å². The highest BCUT2D eigenvalue weighted by atomic mass is 79.9. The van der Waals surface area contributed by atoms with Crippen molar-refractivity contribution in [1.29, 1.82) is 0 Å². The lowest BCUT2D eigenvalue weighted by atomic mass is 10.00. The normalized spacial score (nSPS) is 12.8. The Hall–Kier alpha value is -0.640. The second kappa shape index (κ2) is 7.39. The zero-order valence-corrected chi connectivity index (χ0v) is 14.7. The fraction of sp³-hybridized carbons (Fsp3) is 0.412. The van der Waals surface area contributed by atoms with Crippen LogP contribution in [0, 0.1) is 5.92 Å². The molecule has 2 rings (SSSR count). The van der Waals surface area contributed by atoms with Crippen molar-refractivity contribution in [1.82, 2.24) is 5.32 Å². The molecule has 108 valence electrons. The van der Waals surface area contributed by atoms with E-state index in [-0.39, 0.29) is 0 Å². The third-order valence-corrected chi connectivity index (χ3v) is 4.96. The van der Waals surface area contributed by atoms with Gasteiger partial charge >= 0.3 is 0 Å². The SMILES string of the molecule is CC(C)Cc1ccc(C(C)NCc2ccc(Br)s2)cc1. The number of halogens is 1. The second-order valence-electron chi connectivity index (χ2n) is 5.65. The monoisotopic (exact) mass is 351 g/mol. The molecule has 1 aromatic heterocycles. The van der Waals surface area contributed by atoms with Crippen molar-refractivity contribution in [3.63, 3.8) is 0 Å². The highest BCUT2D eigenvalue weighted by Gasteiger charge is 2.06. The molecule has 1 heterocycles. The minimum absolute atomic E-state index is 0.379. The van der Waals surface area contributed by atoms with E-state index in [4.69, 9.17) is 0 Å². The molecule has 20 heavy (non-hydrogen) atoms. The van der Waals surface area contributed by atoms with Crippen molar-refractivity contribution in [3.05, 3.63) is 56.2 Å². The van der Waals surface area contributed by atoms with Gasteiger partial charge in [0.1, 0.15) is 0 Å². The summed E-state index contributed by atoms with van der Waals surface area (Å²) in [5.41, 5.74) is 2.78. The van der Waals surface area contributed by atoms with Crippen LogP contribution in [0.2, 0.25) is 0 Å². The highest BCUT2D eigenvalue weighted by Crippen LogP contribution is 2.23. The van der Waals surface area contributed by atoms with Crippen LogP contribution in [0.25, 0.3) is 0 Å². The Balaban J connectivity index is 1.90. The Labute approximate surface area is 134 Å². The third-order valence-electron chi connectivity index (χ3n) is 3.34. The molecule has 1 aromatic carbocycles. The predicted molar refractivity (Wildman–Crippen MR) is 92.3 cm³/mol. The lowest BCUT2D eigenvalue weighted by Crippen LogP contribution is -2.17. The molecule has 0 aliphatic heterocycles. The van der Waals surface area contributed by atoms with Gasteiger partial charge in [-0.25, -0.2) is 0 Å². The van der Waals surface area contributed by atoms with E-state index in [9.17, 15) is 0 Å². The topological polar surface area (TPSA) is 12.0 Å². The van der Waals surface area contributed by atoms with Crippen LogP contribution in [0.5, 0.6) is 0 Å². The number of hydrogen-bond donors (Lipinski definition) is 1. The van der Waals surface area contributed by atoms with E-state index >= 15 is 0 Å². The van der Waals surface area contributed by atoms with Gasteiger partial charge < -0.3 is 5.32 Å². The molecule has 3 heteroatoms. The summed E-state index contributed by atoms with van der Waals surface area (Å²) in [5, 5.41) is 3.58. The summed E-state index contributed by atoms with van der Waals surface area (Å²) in [6.07, 6.45) is 1.16. The summed E-state index contributed by atoms with van der Waals surface area (Å²) >= 11 is 5.29.